The molecule has 0 spiro atoms. The second kappa shape index (κ2) is 5.08. The fraction of sp³-hybridized carbons (Fsp3) is 0.273. The Hall–Kier alpha value is -1.93. The molecule has 0 heterocycles. The van der Waals surface area contributed by atoms with E-state index < -0.39 is 0 Å². The van der Waals surface area contributed by atoms with Crippen LogP contribution in [0.1, 0.15) is 12.5 Å². The van der Waals surface area contributed by atoms with Gasteiger partial charge < -0.3 is 10.4 Å². The van der Waals surface area contributed by atoms with E-state index in [0.29, 0.717) is 6.54 Å². The van der Waals surface area contributed by atoms with Crippen LogP contribution in [-0.4, -0.2) is 23.5 Å². The number of hydrogen-bond donors (Lipinski definition) is 0. The maximum absolute atomic E-state index is 11.5. The van der Waals surface area contributed by atoms with Crippen LogP contribution >= 0.6 is 0 Å². The summed E-state index contributed by atoms with van der Waals surface area (Å²) >= 11 is 0. The molecule has 0 N–H and O–H groups in total. The third kappa shape index (κ3) is 2.76. The van der Waals surface area contributed by atoms with Gasteiger partial charge in [-0.2, -0.15) is 4.79 Å². The van der Waals surface area contributed by atoms with Gasteiger partial charge in [-0.25, -0.2) is 0 Å². The van der Waals surface area contributed by atoms with E-state index in [2.05, 4.69) is 4.79 Å². The lowest BCUT2D eigenvalue weighted by atomic mass is 10.2. The minimum Gasteiger partial charge on any atom is -0.361 e. The van der Waals surface area contributed by atoms with Gasteiger partial charge in [0.25, 0.3) is 0 Å². The fourth-order valence-electron chi connectivity index (χ4n) is 1.38. The number of nitrogens with zero attached hydrogens (tertiary/aromatic N) is 3. The number of rotatable bonds is 3. The summed E-state index contributed by atoms with van der Waals surface area (Å²) in [4.78, 5) is 15.8. The molecule has 0 saturated heterocycles. The molecule has 0 aliphatic heterocycles. The molecule has 0 aromatic heterocycles. The Morgan fingerprint density at radius 2 is 2.33 bits per heavy atom. The summed E-state index contributed by atoms with van der Waals surface area (Å²) in [5.41, 5.74) is 10.2. The molecule has 78 valence electrons. The molecular weight excluding hydrogens is 190 g/mol. The Morgan fingerprint density at radius 3 is 2.87 bits per heavy atom. The van der Waals surface area contributed by atoms with E-state index in [1.165, 1.54) is 4.90 Å². The Balaban J connectivity index is 3.02. The largest absolute Gasteiger partial charge is 0.361 e. The van der Waals surface area contributed by atoms with Gasteiger partial charge in [-0.3, -0.25) is 4.79 Å². The topological polar surface area (TPSA) is 56.7 Å². The van der Waals surface area contributed by atoms with Crippen LogP contribution in [-0.2, 0) is 4.79 Å². The van der Waals surface area contributed by atoms with E-state index in [4.69, 9.17) is 5.53 Å². The molecule has 15 heavy (non-hydrogen) atoms. The van der Waals surface area contributed by atoms with Crippen molar-refractivity contribution in [1.29, 1.82) is 0 Å². The van der Waals surface area contributed by atoms with Crippen LogP contribution in [0.4, 0.5) is 5.69 Å². The van der Waals surface area contributed by atoms with Crippen molar-refractivity contribution in [3.05, 3.63) is 35.4 Å². The third-order valence-corrected chi connectivity index (χ3v) is 2.06. The molecule has 0 atom stereocenters. The molecule has 1 rings (SSSR count). The molecule has 1 aromatic rings. The standard InChI is InChI=1S/C11H13N3O/c1-3-14(11(15)8-13-12)10-6-4-5-9(2)7-10/h4-8H,3H2,1-2H3. The number of anilines is 1. The number of hydrogen-bond acceptors (Lipinski definition) is 1. The Kier molecular flexibility index (Phi) is 3.77. The van der Waals surface area contributed by atoms with Gasteiger partial charge in [-0.05, 0) is 31.5 Å². The molecule has 1 amide bonds. The summed E-state index contributed by atoms with van der Waals surface area (Å²) < 4.78 is 0. The van der Waals surface area contributed by atoms with E-state index in [1.807, 2.05) is 38.1 Å². The zero-order valence-corrected chi connectivity index (χ0v) is 8.84. The highest BCUT2D eigenvalue weighted by Crippen LogP contribution is 2.15. The highest BCUT2D eigenvalue weighted by molar-refractivity contribution is 6.30. The average molecular weight is 203 g/mol. The maximum Gasteiger partial charge on any atom is 0.345 e. The SMILES string of the molecule is CCN(C(=O)C=[N+]=[N-])c1cccc(C)c1. The van der Waals surface area contributed by atoms with E-state index in [9.17, 15) is 4.79 Å². The molecule has 4 heteroatoms. The summed E-state index contributed by atoms with van der Waals surface area (Å²) in [6.45, 7) is 4.36. The molecule has 0 unspecified atom stereocenters. The summed E-state index contributed by atoms with van der Waals surface area (Å²) in [5, 5.41) is 0. The summed E-state index contributed by atoms with van der Waals surface area (Å²) in [7, 11) is 0. The minimum atomic E-state index is -0.328. The van der Waals surface area contributed by atoms with Crippen LogP contribution in [0.25, 0.3) is 5.53 Å². The average Bonchev–Trinajstić information content (AvgIpc) is 2.19. The lowest BCUT2D eigenvalue weighted by Gasteiger charge is -2.17. The van der Waals surface area contributed by atoms with Crippen LogP contribution in [0.3, 0.4) is 0 Å². The Morgan fingerprint density at radius 1 is 1.60 bits per heavy atom. The monoisotopic (exact) mass is 203 g/mol. The van der Waals surface area contributed by atoms with Gasteiger partial charge in [0.15, 0.2) is 0 Å². The minimum absolute atomic E-state index is 0.328. The van der Waals surface area contributed by atoms with Gasteiger partial charge >= 0.3 is 12.1 Å². The molecular formula is C11H13N3O. The number of benzene rings is 1. The van der Waals surface area contributed by atoms with Crippen molar-refractivity contribution in [2.45, 2.75) is 13.8 Å². The molecule has 1 aromatic carbocycles. The van der Waals surface area contributed by atoms with Gasteiger partial charge in [0.2, 0.25) is 0 Å². The van der Waals surface area contributed by atoms with Crippen molar-refractivity contribution < 1.29 is 9.58 Å². The first-order valence-corrected chi connectivity index (χ1v) is 4.74. The number of amides is 1. The first kappa shape index (κ1) is 11.1. The van der Waals surface area contributed by atoms with E-state index >= 15 is 0 Å². The summed E-state index contributed by atoms with van der Waals surface area (Å²) in [6, 6.07) is 7.60. The maximum atomic E-state index is 11.5. The van der Waals surface area contributed by atoms with Crippen molar-refractivity contribution in [3.63, 3.8) is 0 Å². The normalized spacial score (nSPS) is 9.20. The predicted octanol–water partition coefficient (Wildman–Crippen LogP) is 1.65. The summed E-state index contributed by atoms with van der Waals surface area (Å²) in [5.74, 6) is -0.328. The Labute approximate surface area is 88.8 Å². The van der Waals surface area contributed by atoms with E-state index in [0.717, 1.165) is 17.5 Å². The molecule has 0 aliphatic carbocycles. The second-order valence-electron chi connectivity index (χ2n) is 3.17. The molecule has 0 aliphatic rings. The zero-order valence-electron chi connectivity index (χ0n) is 8.84. The molecule has 4 nitrogen and oxygen atoms in total. The van der Waals surface area contributed by atoms with Crippen molar-refractivity contribution in [2.24, 2.45) is 0 Å². The van der Waals surface area contributed by atoms with E-state index in [1.54, 1.807) is 0 Å². The van der Waals surface area contributed by atoms with Crippen molar-refractivity contribution in [2.75, 3.05) is 11.4 Å². The Bertz CT molecular complexity index is 408. The van der Waals surface area contributed by atoms with Gasteiger partial charge in [0.05, 0.1) is 0 Å². The van der Waals surface area contributed by atoms with Crippen LogP contribution in [0.15, 0.2) is 24.3 Å². The number of aryl methyl sites for hydroxylation is 1. The number of carbonyl (C=O) groups excluding carboxylic acids is 1. The summed E-state index contributed by atoms with van der Waals surface area (Å²) in [6.07, 6.45) is 0.895. The zero-order chi connectivity index (χ0) is 11.3. The lowest BCUT2D eigenvalue weighted by Crippen LogP contribution is -2.31. The van der Waals surface area contributed by atoms with Gasteiger partial charge in [-0.15, -0.1) is 0 Å². The quantitative estimate of drug-likeness (QED) is 0.418. The van der Waals surface area contributed by atoms with Crippen molar-refractivity contribution in [3.8, 4) is 0 Å². The first-order chi connectivity index (χ1) is 7.19. The highest BCUT2D eigenvalue weighted by Gasteiger charge is 2.14. The van der Waals surface area contributed by atoms with Crippen LogP contribution < -0.4 is 4.90 Å². The molecule has 0 bridgehead atoms. The smallest absolute Gasteiger partial charge is 0.345 e. The third-order valence-electron chi connectivity index (χ3n) is 2.06. The van der Waals surface area contributed by atoms with Crippen molar-refractivity contribution in [1.82, 2.24) is 0 Å². The molecule has 0 saturated carbocycles. The molecule has 0 fully saturated rings. The van der Waals surface area contributed by atoms with Gasteiger partial charge in [-0.1, -0.05) is 12.1 Å². The lowest BCUT2D eigenvalue weighted by molar-refractivity contribution is -0.115. The first-order valence-electron chi connectivity index (χ1n) is 4.74. The van der Waals surface area contributed by atoms with Gasteiger partial charge in [0, 0.05) is 12.2 Å². The van der Waals surface area contributed by atoms with Crippen LogP contribution in [0.5, 0.6) is 0 Å². The predicted molar refractivity (Wildman–Crippen MR) is 58.9 cm³/mol. The van der Waals surface area contributed by atoms with Gasteiger partial charge in [0.1, 0.15) is 0 Å². The van der Waals surface area contributed by atoms with Crippen molar-refractivity contribution >= 4 is 17.8 Å². The van der Waals surface area contributed by atoms with E-state index in [-0.39, 0.29) is 5.91 Å². The van der Waals surface area contributed by atoms with Crippen LogP contribution in [0, 0.1) is 6.92 Å². The molecule has 0 radical (unpaired) electrons. The highest BCUT2D eigenvalue weighted by atomic mass is 16.2. The fourth-order valence-corrected chi connectivity index (χ4v) is 1.38. The second-order valence-corrected chi connectivity index (χ2v) is 3.17. The van der Waals surface area contributed by atoms with Crippen LogP contribution in [0.2, 0.25) is 0 Å². The number of carbonyl (C=O) groups is 1.